The SMILES string of the molecule is C[Si](C)(C)[N-][Si](C)(C)C.C[Si](C)(C)[N-][Si](C)(C)C.C[Si](C)(C)[N-][Si](C)(C)C.C[Si](C)(C)[N-][Si](C)(C)C.Cc1cccc([O-])c1-c1c(C)cccc1N=Cc1ccc[n-]1.Cc1cccc([O-])c1-c1c(C)cccc1N=Cc1ccc[n-]1.Cc1cccc([O-])c1-c1c(C)cccc1N=Cc1ccc[n-]1.Cc1cccc([O-])c1-c1c(C)cccc1N=Cc1ccc[n-]1.[Y+3].[Y+3].[Y+3].[Y+3]. The van der Waals surface area contributed by atoms with E-state index in [0.717, 1.165) is 135 Å². The third-order valence-corrected chi connectivity index (χ3v) is 38.7. The van der Waals surface area contributed by atoms with Gasteiger partial charge in [-0.25, -0.2) is 0 Å². The second kappa shape index (κ2) is 55.6. The Balaban J connectivity index is 0.000000752. The third kappa shape index (κ3) is 45.7. The monoisotopic (exact) mass is 2150 g/mol. The Bertz CT molecular complexity index is 4620. The Morgan fingerprint density at radius 3 is 0.461 bits per heavy atom. The van der Waals surface area contributed by atoms with Crippen LogP contribution in [0.15, 0.2) is 239 Å². The van der Waals surface area contributed by atoms with Gasteiger partial charge in [0.25, 0.3) is 0 Å². The molecule has 12 aromatic rings. The fourth-order valence-electron chi connectivity index (χ4n) is 14.3. The van der Waals surface area contributed by atoms with Gasteiger partial charge in [-0.1, -0.05) is 393 Å². The summed E-state index contributed by atoms with van der Waals surface area (Å²) >= 11 is 0. The van der Waals surface area contributed by atoms with Crippen molar-refractivity contribution >= 4 is 113 Å². The van der Waals surface area contributed by atoms with E-state index >= 15 is 0 Å². The van der Waals surface area contributed by atoms with Gasteiger partial charge in [0.2, 0.25) is 0 Å². The van der Waals surface area contributed by atoms with Crippen LogP contribution in [-0.4, -0.2) is 90.7 Å². The zero-order valence-electron chi connectivity index (χ0n) is 82.4. The van der Waals surface area contributed by atoms with Crippen molar-refractivity contribution in [2.75, 3.05) is 0 Å². The number of aromatic nitrogens is 4. The Morgan fingerprint density at radius 2 is 0.344 bits per heavy atom. The summed E-state index contributed by atoms with van der Waals surface area (Å²) in [6, 6.07) is 59.9. The molecule has 0 amide bonds. The van der Waals surface area contributed by atoms with Crippen LogP contribution < -0.4 is 40.4 Å². The van der Waals surface area contributed by atoms with Crippen LogP contribution in [0.4, 0.5) is 22.7 Å². The van der Waals surface area contributed by atoms with Crippen molar-refractivity contribution in [3.63, 3.8) is 0 Å². The summed E-state index contributed by atoms with van der Waals surface area (Å²) in [6.07, 6.45) is 13.8. The molecule has 0 radical (unpaired) electrons. The Labute approximate surface area is 878 Å². The molecule has 0 atom stereocenters. The van der Waals surface area contributed by atoms with Gasteiger partial charge in [-0.15, -0.1) is 45.8 Å². The Morgan fingerprint density at radius 1 is 0.203 bits per heavy atom. The maximum atomic E-state index is 12.3. The average molecular weight is 2150 g/mol. The standard InChI is InChI=1S/4C19H17N2O.4C6H18NSi2.4Y/c4*1-13-6-3-9-16(21-12-15-8-5-11-20-15)18(13)19-14(2)7-4-10-17(19)22;4*1-8(2,3)7-9(4,5)6;;;;/h4*3-12H,1-2H3,(H-,20,21,22);4*1-6H3;;;;/q8*-1;4*+3/p-4. The summed E-state index contributed by atoms with van der Waals surface area (Å²) in [5.41, 5.74) is 20.9. The molecule has 8 aromatic carbocycles. The average Bonchev–Trinajstić information content (AvgIpc) is 1.02. The van der Waals surface area contributed by atoms with E-state index in [-0.39, 0.29) is 154 Å². The minimum Gasteiger partial charge on any atom is -0.872 e. The second-order valence-electron chi connectivity index (χ2n) is 38.8. The molecule has 0 bridgehead atoms. The first kappa shape index (κ1) is 121. The summed E-state index contributed by atoms with van der Waals surface area (Å²) in [5, 5.41) is 49.3. The normalized spacial score (nSPS) is 11.6. The first-order valence-electron chi connectivity index (χ1n) is 42.4. The number of nitrogens with zero attached hydrogens (tertiary/aromatic N) is 12. The quantitative estimate of drug-likeness (QED) is 0.0522. The van der Waals surface area contributed by atoms with Gasteiger partial charge >= 0.3 is 131 Å². The van der Waals surface area contributed by atoms with Gasteiger partial charge in [-0.2, -0.15) is 24.8 Å². The number of aliphatic imine (C=N–C) groups is 4. The molecule has 128 heavy (non-hydrogen) atoms. The van der Waals surface area contributed by atoms with E-state index in [2.05, 4.69) is 197 Å². The Kier molecular flexibility index (Phi) is 52.4. The van der Waals surface area contributed by atoms with Crippen LogP contribution in [0.2, 0.25) is 157 Å². The molecule has 0 saturated heterocycles. The van der Waals surface area contributed by atoms with E-state index in [1.165, 1.54) is 0 Å². The smallest absolute Gasteiger partial charge is 0.872 e. The number of hydrogen-bond acceptors (Lipinski definition) is 8. The maximum Gasteiger partial charge on any atom is 3.00 e. The van der Waals surface area contributed by atoms with Gasteiger partial charge in [-0.3, -0.25) is 20.0 Å². The summed E-state index contributed by atoms with van der Waals surface area (Å²) in [4.78, 5) is 34.9. The Hall–Kier alpha value is -5.25. The first-order chi connectivity index (χ1) is 57.5. The van der Waals surface area contributed by atoms with Gasteiger partial charge in [-0.05, 0) is 146 Å². The maximum absolute atomic E-state index is 12.3. The number of benzene rings is 8. The van der Waals surface area contributed by atoms with Crippen LogP contribution in [0.3, 0.4) is 0 Å². The van der Waals surface area contributed by atoms with Gasteiger partial charge in [0.1, 0.15) is 0 Å². The second-order valence-corrected chi connectivity index (χ2v) is 77.1. The van der Waals surface area contributed by atoms with Crippen molar-refractivity contribution in [2.45, 2.75) is 213 Å². The van der Waals surface area contributed by atoms with Gasteiger partial charge in [0.05, 0.1) is 22.7 Å². The molecule has 16 nitrogen and oxygen atoms in total. The summed E-state index contributed by atoms with van der Waals surface area (Å²) in [5.74, 6) is 0.101. The van der Waals surface area contributed by atoms with Gasteiger partial charge in [0.15, 0.2) is 0 Å². The molecule has 0 N–H and O–H groups in total. The van der Waals surface area contributed by atoms with E-state index in [1.807, 2.05) is 201 Å². The zero-order valence-corrected chi connectivity index (χ0v) is 102. The van der Waals surface area contributed by atoms with Crippen molar-refractivity contribution in [1.82, 2.24) is 19.9 Å². The first-order valence-corrected chi connectivity index (χ1v) is 70.0. The number of rotatable bonds is 20. The molecule has 28 heteroatoms. The molecule has 0 aliphatic heterocycles. The molecule has 4 heterocycles. The zero-order chi connectivity index (χ0) is 92.9. The van der Waals surface area contributed by atoms with Crippen LogP contribution in [0.1, 0.15) is 67.3 Å². The van der Waals surface area contributed by atoms with Crippen molar-refractivity contribution in [3.8, 4) is 67.5 Å². The largest absolute Gasteiger partial charge is 3.00 e. The minimum atomic E-state index is -1.11. The third-order valence-electron chi connectivity index (χ3n) is 17.3. The number of hydrogen-bond donors (Lipinski definition) is 0. The fourth-order valence-corrected chi connectivity index (χ4v) is 46.5. The molecular formula is C100H136N12O4Si8Y4. The van der Waals surface area contributed by atoms with E-state index in [9.17, 15) is 20.4 Å². The van der Waals surface area contributed by atoms with Crippen LogP contribution in [0.25, 0.3) is 63.1 Å². The topological polar surface area (TPSA) is 254 Å². The van der Waals surface area contributed by atoms with E-state index in [0.29, 0.717) is 0 Å². The van der Waals surface area contributed by atoms with Crippen molar-refractivity contribution < 1.29 is 151 Å². The molecule has 0 fully saturated rings. The molecule has 0 saturated carbocycles. The number of aryl methyl sites for hydroxylation is 8. The summed E-state index contributed by atoms with van der Waals surface area (Å²) < 4.78 is 19.3. The molecule has 0 unspecified atom stereocenters. The summed E-state index contributed by atoms with van der Waals surface area (Å²) in [7, 11) is -8.85. The molecule has 12 rings (SSSR count). The molecular weight excluding hydrogens is 2010 g/mol. The van der Waals surface area contributed by atoms with Crippen molar-refractivity contribution in [2.24, 2.45) is 20.0 Å². The van der Waals surface area contributed by atoms with Gasteiger partial charge in [0, 0.05) is 47.1 Å². The van der Waals surface area contributed by atoms with E-state index in [4.69, 9.17) is 18.6 Å². The molecule has 0 aliphatic carbocycles. The van der Waals surface area contributed by atoms with Crippen molar-refractivity contribution in [3.05, 3.63) is 305 Å². The summed E-state index contributed by atoms with van der Waals surface area (Å²) in [6.45, 7) is 70.9. The van der Waals surface area contributed by atoms with E-state index < -0.39 is 65.9 Å². The molecule has 664 valence electrons. The van der Waals surface area contributed by atoms with Gasteiger partial charge < -0.3 is 59.0 Å². The molecule has 0 aliphatic rings. The minimum absolute atomic E-state index is 0. The predicted octanol–water partition coefficient (Wildman–Crippen LogP) is 27.1. The predicted molar refractivity (Wildman–Crippen MR) is 551 cm³/mol. The van der Waals surface area contributed by atoms with E-state index in [1.54, 1.807) is 98.2 Å². The van der Waals surface area contributed by atoms with Crippen LogP contribution in [-0.2, 0) is 131 Å². The molecule has 0 spiro atoms. The fraction of sp³-hybridized carbons (Fsp3) is 0.320. The molecule has 4 aromatic heterocycles. The van der Waals surface area contributed by atoms with Crippen LogP contribution in [0.5, 0.6) is 23.0 Å². The van der Waals surface area contributed by atoms with Crippen LogP contribution in [0, 0.1) is 55.4 Å². The van der Waals surface area contributed by atoms with Crippen LogP contribution >= 0.6 is 0 Å². The van der Waals surface area contributed by atoms with Crippen molar-refractivity contribution in [1.29, 1.82) is 0 Å².